The van der Waals surface area contributed by atoms with Crippen molar-refractivity contribution in [3.8, 4) is 5.75 Å². The Labute approximate surface area is 171 Å². The minimum atomic E-state index is -0.160. The van der Waals surface area contributed by atoms with Gasteiger partial charge in [-0.05, 0) is 39.2 Å². The van der Waals surface area contributed by atoms with Crippen molar-refractivity contribution in [2.45, 2.75) is 19.0 Å². The fourth-order valence-corrected chi connectivity index (χ4v) is 3.59. The maximum absolute atomic E-state index is 13.0. The van der Waals surface area contributed by atoms with Crippen LogP contribution in [0.1, 0.15) is 23.6 Å². The van der Waals surface area contributed by atoms with E-state index in [0.29, 0.717) is 6.42 Å². The summed E-state index contributed by atoms with van der Waals surface area (Å²) in [4.78, 5) is 13.0. The molecule has 4 rings (SSSR count). The molecule has 0 aliphatic carbocycles. The number of rotatable bonds is 5. The predicted molar refractivity (Wildman–Crippen MR) is 110 cm³/mol. The van der Waals surface area contributed by atoms with Crippen LogP contribution in [0.25, 0.3) is 0 Å². The van der Waals surface area contributed by atoms with Crippen LogP contribution < -0.4 is 4.74 Å². The molecule has 0 radical (unpaired) electrons. The fraction of sp³-hybridized carbons (Fsp3) is 0.190. The van der Waals surface area contributed by atoms with E-state index in [1.807, 2.05) is 54.6 Å². The van der Waals surface area contributed by atoms with E-state index in [2.05, 4.69) is 26.1 Å². The van der Waals surface area contributed by atoms with Gasteiger partial charge in [-0.2, -0.15) is 10.2 Å². The molecular formula is C21H19BrN4O2. The molecule has 6 nitrogen and oxygen atoms in total. The second kappa shape index (κ2) is 7.98. The summed E-state index contributed by atoms with van der Waals surface area (Å²) < 4.78 is 7.69. The molecule has 0 N–H and O–H groups in total. The zero-order valence-corrected chi connectivity index (χ0v) is 16.9. The summed E-state index contributed by atoms with van der Waals surface area (Å²) in [6, 6.07) is 17.6. The van der Waals surface area contributed by atoms with E-state index in [0.717, 1.165) is 27.1 Å². The van der Waals surface area contributed by atoms with Crippen molar-refractivity contribution < 1.29 is 9.53 Å². The minimum absolute atomic E-state index is 0.109. The third-order valence-electron chi connectivity index (χ3n) is 4.67. The van der Waals surface area contributed by atoms with Crippen molar-refractivity contribution in [2.24, 2.45) is 5.10 Å². The lowest BCUT2D eigenvalue weighted by molar-refractivity contribution is -0.133. The first-order valence-corrected chi connectivity index (χ1v) is 9.70. The molecule has 2 heterocycles. The Bertz CT molecular complexity index is 999. The van der Waals surface area contributed by atoms with E-state index in [1.165, 1.54) is 0 Å². The molecule has 1 unspecified atom stereocenters. The highest BCUT2D eigenvalue weighted by Gasteiger charge is 2.33. The second-order valence-electron chi connectivity index (χ2n) is 6.50. The second-order valence-corrected chi connectivity index (χ2v) is 7.42. The van der Waals surface area contributed by atoms with Crippen LogP contribution >= 0.6 is 15.9 Å². The summed E-state index contributed by atoms with van der Waals surface area (Å²) in [5.74, 6) is 0.674. The van der Waals surface area contributed by atoms with E-state index >= 15 is 0 Å². The molecule has 0 spiro atoms. The highest BCUT2D eigenvalue weighted by molar-refractivity contribution is 9.10. The van der Waals surface area contributed by atoms with Gasteiger partial charge >= 0.3 is 0 Å². The number of carbonyl (C=O) groups is 1. The van der Waals surface area contributed by atoms with Crippen LogP contribution in [-0.2, 0) is 11.3 Å². The van der Waals surface area contributed by atoms with E-state index in [4.69, 9.17) is 4.74 Å². The van der Waals surface area contributed by atoms with Gasteiger partial charge in [0.1, 0.15) is 12.3 Å². The fourth-order valence-electron chi connectivity index (χ4n) is 3.27. The molecule has 28 heavy (non-hydrogen) atoms. The molecule has 1 aliphatic heterocycles. The summed E-state index contributed by atoms with van der Waals surface area (Å²) in [5, 5.41) is 10.4. The Morgan fingerprint density at radius 2 is 1.93 bits per heavy atom. The van der Waals surface area contributed by atoms with Crippen molar-refractivity contribution in [1.82, 2.24) is 14.8 Å². The molecule has 7 heteroatoms. The summed E-state index contributed by atoms with van der Waals surface area (Å²) in [5.41, 5.74) is 2.94. The van der Waals surface area contributed by atoms with E-state index < -0.39 is 0 Å². The monoisotopic (exact) mass is 438 g/mol. The number of hydrazone groups is 1. The lowest BCUT2D eigenvalue weighted by atomic mass is 9.98. The summed E-state index contributed by atoms with van der Waals surface area (Å²) >= 11 is 3.36. The molecule has 1 aliphatic rings. The molecule has 0 saturated carbocycles. The first-order chi connectivity index (χ1) is 13.6. The average molecular weight is 439 g/mol. The van der Waals surface area contributed by atoms with E-state index in [-0.39, 0.29) is 18.5 Å². The number of methoxy groups -OCH3 is 1. The number of benzene rings is 2. The molecule has 1 atom stereocenters. The average Bonchev–Trinajstić information content (AvgIpc) is 3.35. The van der Waals surface area contributed by atoms with Crippen molar-refractivity contribution in [3.63, 3.8) is 0 Å². The number of halogens is 1. The maximum Gasteiger partial charge on any atom is 0.264 e. The van der Waals surface area contributed by atoms with Crippen LogP contribution in [0.2, 0.25) is 0 Å². The van der Waals surface area contributed by atoms with Gasteiger partial charge in [-0.1, -0.05) is 42.5 Å². The van der Waals surface area contributed by atoms with Gasteiger partial charge in [0, 0.05) is 12.6 Å². The SMILES string of the molecule is COc1ccc(C2CC(c3ccccc3)=NN2C(=O)Cn2cc(Br)cn2)cc1. The number of hydrogen-bond donors (Lipinski definition) is 0. The highest BCUT2D eigenvalue weighted by Crippen LogP contribution is 2.33. The van der Waals surface area contributed by atoms with Gasteiger partial charge in [0.2, 0.25) is 0 Å². The smallest absolute Gasteiger partial charge is 0.264 e. The van der Waals surface area contributed by atoms with Gasteiger partial charge < -0.3 is 4.74 Å². The van der Waals surface area contributed by atoms with Crippen LogP contribution in [0, 0.1) is 0 Å². The Hall–Kier alpha value is -2.93. The molecule has 142 valence electrons. The quantitative estimate of drug-likeness (QED) is 0.603. The Morgan fingerprint density at radius 1 is 1.18 bits per heavy atom. The van der Waals surface area contributed by atoms with Crippen molar-refractivity contribution in [1.29, 1.82) is 0 Å². The summed E-state index contributed by atoms with van der Waals surface area (Å²) in [6.45, 7) is 0.129. The van der Waals surface area contributed by atoms with Crippen LogP contribution in [-0.4, -0.2) is 33.5 Å². The van der Waals surface area contributed by atoms with E-state index in [9.17, 15) is 4.79 Å². The highest BCUT2D eigenvalue weighted by atomic mass is 79.9. The normalized spacial score (nSPS) is 16.1. The van der Waals surface area contributed by atoms with Gasteiger partial charge in [-0.25, -0.2) is 5.01 Å². The Balaban J connectivity index is 1.64. The Kier molecular flexibility index (Phi) is 5.25. The number of carbonyl (C=O) groups excluding carboxylic acids is 1. The van der Waals surface area contributed by atoms with E-state index in [1.54, 1.807) is 29.2 Å². The molecular weight excluding hydrogens is 420 g/mol. The van der Waals surface area contributed by atoms with Gasteiger partial charge in [-0.3, -0.25) is 9.48 Å². The maximum atomic E-state index is 13.0. The topological polar surface area (TPSA) is 59.7 Å². The van der Waals surface area contributed by atoms with Gasteiger partial charge in [0.05, 0.1) is 29.5 Å². The summed E-state index contributed by atoms with van der Waals surface area (Å²) in [6.07, 6.45) is 4.10. The van der Waals surface area contributed by atoms with Crippen LogP contribution in [0.4, 0.5) is 0 Å². The largest absolute Gasteiger partial charge is 0.497 e. The lowest BCUT2D eigenvalue weighted by Gasteiger charge is -2.22. The Morgan fingerprint density at radius 3 is 2.57 bits per heavy atom. The van der Waals surface area contributed by atoms with Crippen LogP contribution in [0.3, 0.4) is 0 Å². The predicted octanol–water partition coefficient (Wildman–Crippen LogP) is 4.03. The van der Waals surface area contributed by atoms with Gasteiger partial charge in [-0.15, -0.1) is 0 Å². The molecule has 2 aromatic carbocycles. The lowest BCUT2D eigenvalue weighted by Crippen LogP contribution is -2.30. The number of ether oxygens (including phenoxy) is 1. The van der Waals surface area contributed by atoms with Crippen molar-refractivity contribution >= 4 is 27.5 Å². The summed E-state index contributed by atoms with van der Waals surface area (Å²) in [7, 11) is 1.64. The zero-order valence-electron chi connectivity index (χ0n) is 15.3. The first kappa shape index (κ1) is 18.4. The third-order valence-corrected chi connectivity index (χ3v) is 5.08. The number of aromatic nitrogens is 2. The van der Waals surface area contributed by atoms with Crippen molar-refractivity contribution in [3.05, 3.63) is 82.6 Å². The first-order valence-electron chi connectivity index (χ1n) is 8.91. The standard InChI is InChI=1S/C21H19BrN4O2/c1-28-18-9-7-16(8-10-18)20-11-19(15-5-3-2-4-6-15)24-26(20)21(27)14-25-13-17(22)12-23-25/h2-10,12-13,20H,11,14H2,1H3. The number of amides is 1. The number of hydrogen-bond acceptors (Lipinski definition) is 4. The minimum Gasteiger partial charge on any atom is -0.497 e. The van der Waals surface area contributed by atoms with Crippen LogP contribution in [0.15, 0.2) is 76.6 Å². The molecule has 1 amide bonds. The molecule has 0 bridgehead atoms. The molecule has 3 aromatic rings. The van der Waals surface area contributed by atoms with Crippen LogP contribution in [0.5, 0.6) is 5.75 Å². The zero-order chi connectivity index (χ0) is 19.5. The molecule has 0 fully saturated rings. The third kappa shape index (κ3) is 3.84. The van der Waals surface area contributed by atoms with Gasteiger partial charge in [0.25, 0.3) is 5.91 Å². The van der Waals surface area contributed by atoms with Gasteiger partial charge in [0.15, 0.2) is 0 Å². The molecule has 1 aromatic heterocycles. The number of nitrogens with zero attached hydrogens (tertiary/aromatic N) is 4. The van der Waals surface area contributed by atoms with Crippen molar-refractivity contribution in [2.75, 3.05) is 7.11 Å². The molecule has 0 saturated heterocycles.